The minimum absolute atomic E-state index is 0.00443. The van der Waals surface area contributed by atoms with Crippen molar-refractivity contribution in [2.75, 3.05) is 52.9 Å². The highest BCUT2D eigenvalue weighted by molar-refractivity contribution is 5.89. The predicted octanol–water partition coefficient (Wildman–Crippen LogP) is 4.44. The number of carbonyl (C=O) groups is 6. The lowest BCUT2D eigenvalue weighted by Crippen LogP contribution is -2.52. The molecular weight excluding hydrogens is 668 g/mol. The van der Waals surface area contributed by atoms with E-state index in [1.165, 1.54) is 41.5 Å². The van der Waals surface area contributed by atoms with Crippen molar-refractivity contribution in [3.63, 3.8) is 0 Å². The summed E-state index contributed by atoms with van der Waals surface area (Å²) in [5, 5.41) is 0. The zero-order chi connectivity index (χ0) is 39.5. The van der Waals surface area contributed by atoms with Crippen LogP contribution in [0.5, 0.6) is 0 Å². The first-order chi connectivity index (χ1) is 23.6. The fourth-order valence-corrected chi connectivity index (χ4v) is 3.50. The summed E-state index contributed by atoms with van der Waals surface area (Å²) >= 11 is 0. The first-order valence-electron chi connectivity index (χ1n) is 15.8. The van der Waals surface area contributed by atoms with Gasteiger partial charge in [-0.2, -0.15) is 0 Å². The van der Waals surface area contributed by atoms with Crippen LogP contribution in [0.25, 0.3) is 0 Å². The lowest BCUT2D eigenvalue weighted by molar-refractivity contribution is -0.241. The second-order valence-electron chi connectivity index (χ2n) is 12.5. The van der Waals surface area contributed by atoms with Gasteiger partial charge in [-0.05, 0) is 48.0 Å². The van der Waals surface area contributed by atoms with Crippen LogP contribution in [-0.4, -0.2) is 95.0 Å². The number of carbonyl (C=O) groups excluding carboxylic acids is 6. The fraction of sp³-hybridized carbons (Fsp3) is 0.514. The molecule has 14 nitrogen and oxygen atoms in total. The van der Waals surface area contributed by atoms with Crippen molar-refractivity contribution in [3.05, 3.63) is 72.9 Å². The van der Waals surface area contributed by atoms with Crippen LogP contribution >= 0.6 is 0 Å². The molecule has 284 valence electrons. The standard InChI is InChI=1S/C37H52O14/c1-14-15-45-35(51-34(43)28(12)13)37(21-49-32(41)26(8)9,22-50-33(42)27(10)11)20-44-16-36(17-46-29(38)23(2)3,18-47-30(39)24(4)5)19-48-31(40)25(6)7/h35H,2,4,6,8,10,12,14-22H2,1,3,5,7,9,11,13H3. The molecule has 0 aromatic heterocycles. The topological polar surface area (TPSA) is 176 Å². The summed E-state index contributed by atoms with van der Waals surface area (Å²) in [4.78, 5) is 75.6. The van der Waals surface area contributed by atoms with E-state index in [0.29, 0.717) is 6.42 Å². The van der Waals surface area contributed by atoms with Gasteiger partial charge in [-0.1, -0.05) is 46.4 Å². The summed E-state index contributed by atoms with van der Waals surface area (Å²) in [6, 6.07) is 0. The van der Waals surface area contributed by atoms with Gasteiger partial charge in [-0.3, -0.25) is 0 Å². The summed E-state index contributed by atoms with van der Waals surface area (Å²) in [6.07, 6.45) is -1.12. The maximum atomic E-state index is 12.8. The molecule has 51 heavy (non-hydrogen) atoms. The summed E-state index contributed by atoms with van der Waals surface area (Å²) in [7, 11) is 0. The van der Waals surface area contributed by atoms with Crippen LogP contribution in [0.2, 0.25) is 0 Å². The van der Waals surface area contributed by atoms with E-state index in [9.17, 15) is 28.8 Å². The Morgan fingerprint density at radius 3 is 1.08 bits per heavy atom. The maximum absolute atomic E-state index is 12.8. The van der Waals surface area contributed by atoms with Crippen molar-refractivity contribution < 1.29 is 66.7 Å². The third-order valence-electron chi connectivity index (χ3n) is 6.59. The molecule has 0 aromatic carbocycles. The Hall–Kier alpha value is -4.82. The third kappa shape index (κ3) is 16.6. The van der Waals surface area contributed by atoms with Gasteiger partial charge in [0.25, 0.3) is 0 Å². The van der Waals surface area contributed by atoms with Crippen LogP contribution < -0.4 is 0 Å². The van der Waals surface area contributed by atoms with Gasteiger partial charge in [0.2, 0.25) is 6.29 Å². The Bertz CT molecular complexity index is 1280. The van der Waals surface area contributed by atoms with Gasteiger partial charge in [-0.15, -0.1) is 0 Å². The number of rotatable bonds is 25. The number of esters is 6. The summed E-state index contributed by atoms with van der Waals surface area (Å²) in [5.74, 6) is -4.94. The third-order valence-corrected chi connectivity index (χ3v) is 6.59. The maximum Gasteiger partial charge on any atom is 0.335 e. The van der Waals surface area contributed by atoms with Crippen LogP contribution in [0.1, 0.15) is 54.9 Å². The lowest BCUT2D eigenvalue weighted by atomic mass is 9.88. The molecule has 0 bridgehead atoms. The van der Waals surface area contributed by atoms with Crippen LogP contribution in [0.3, 0.4) is 0 Å². The first kappa shape index (κ1) is 46.2. The molecular formula is C37H52O14. The van der Waals surface area contributed by atoms with Crippen molar-refractivity contribution in [2.24, 2.45) is 10.8 Å². The predicted molar refractivity (Wildman–Crippen MR) is 185 cm³/mol. The van der Waals surface area contributed by atoms with Crippen LogP contribution in [0.4, 0.5) is 0 Å². The van der Waals surface area contributed by atoms with Crippen LogP contribution in [0.15, 0.2) is 72.9 Å². The molecule has 0 aliphatic carbocycles. The van der Waals surface area contributed by atoms with Gasteiger partial charge in [0, 0.05) is 33.4 Å². The minimum atomic E-state index is -1.78. The lowest BCUT2D eigenvalue weighted by Gasteiger charge is -2.39. The number of ether oxygens (including phenoxy) is 8. The molecule has 0 saturated heterocycles. The van der Waals surface area contributed by atoms with Gasteiger partial charge in [0.05, 0.1) is 25.2 Å². The normalized spacial score (nSPS) is 11.6. The van der Waals surface area contributed by atoms with Crippen molar-refractivity contribution >= 4 is 35.8 Å². The second kappa shape index (κ2) is 22.1. The van der Waals surface area contributed by atoms with E-state index < -0.39 is 99.2 Å². The molecule has 0 fully saturated rings. The molecule has 0 N–H and O–H groups in total. The van der Waals surface area contributed by atoms with Gasteiger partial charge in [0.15, 0.2) is 0 Å². The minimum Gasteiger partial charge on any atom is -0.461 e. The molecule has 0 rings (SSSR count). The molecule has 0 radical (unpaired) electrons. The van der Waals surface area contributed by atoms with Gasteiger partial charge in [0.1, 0.15) is 38.4 Å². The van der Waals surface area contributed by atoms with E-state index in [1.807, 2.05) is 0 Å². The Kier molecular flexibility index (Phi) is 20.0. The number of hydrogen-bond donors (Lipinski definition) is 0. The van der Waals surface area contributed by atoms with E-state index >= 15 is 0 Å². The van der Waals surface area contributed by atoms with Crippen LogP contribution in [0, 0.1) is 10.8 Å². The first-order valence-corrected chi connectivity index (χ1v) is 15.8. The second-order valence-corrected chi connectivity index (χ2v) is 12.5. The molecule has 14 heteroatoms. The zero-order valence-corrected chi connectivity index (χ0v) is 30.9. The zero-order valence-electron chi connectivity index (χ0n) is 30.9. The van der Waals surface area contributed by atoms with Crippen molar-refractivity contribution in [1.29, 1.82) is 0 Å². The summed E-state index contributed by atoms with van der Waals surface area (Å²) in [5.41, 5.74) is -3.13. The molecule has 1 atom stereocenters. The number of hydrogen-bond acceptors (Lipinski definition) is 14. The highest BCUT2D eigenvalue weighted by atomic mass is 16.7. The molecule has 0 amide bonds. The van der Waals surface area contributed by atoms with E-state index in [1.54, 1.807) is 6.92 Å². The van der Waals surface area contributed by atoms with E-state index in [-0.39, 0.29) is 40.0 Å². The molecule has 0 spiro atoms. The average Bonchev–Trinajstić information content (AvgIpc) is 3.06. The molecule has 0 saturated carbocycles. The van der Waals surface area contributed by atoms with Crippen molar-refractivity contribution in [1.82, 2.24) is 0 Å². The quantitative estimate of drug-likeness (QED) is 0.0560. The molecule has 0 heterocycles. The molecule has 0 aliphatic heterocycles. The Morgan fingerprint density at radius 2 is 0.784 bits per heavy atom. The van der Waals surface area contributed by atoms with Crippen LogP contribution in [-0.2, 0) is 66.7 Å². The highest BCUT2D eigenvalue weighted by Crippen LogP contribution is 2.32. The molecule has 0 aliphatic rings. The smallest absolute Gasteiger partial charge is 0.335 e. The Balaban J connectivity index is 7.24. The Morgan fingerprint density at radius 1 is 0.471 bits per heavy atom. The Labute approximate surface area is 300 Å². The monoisotopic (exact) mass is 720 g/mol. The fourth-order valence-electron chi connectivity index (χ4n) is 3.50. The molecule has 0 aromatic rings. The van der Waals surface area contributed by atoms with Gasteiger partial charge >= 0.3 is 35.8 Å². The SMILES string of the molecule is C=C(C)C(=O)OCC(COCC(COC(=O)C(=C)C)(COC(=O)C(=C)C)C(OCCC)OC(=O)C(=C)C)(COC(=O)C(=C)C)COC(=O)C(=C)C. The summed E-state index contributed by atoms with van der Waals surface area (Å²) in [6.45, 7) is 27.9. The van der Waals surface area contributed by atoms with E-state index in [0.717, 1.165) is 0 Å². The average molecular weight is 721 g/mol. The molecule has 1 unspecified atom stereocenters. The largest absolute Gasteiger partial charge is 0.461 e. The summed E-state index contributed by atoms with van der Waals surface area (Å²) < 4.78 is 45.0. The highest BCUT2D eigenvalue weighted by Gasteiger charge is 2.48. The van der Waals surface area contributed by atoms with Gasteiger partial charge in [-0.25, -0.2) is 28.8 Å². The van der Waals surface area contributed by atoms with Gasteiger partial charge < -0.3 is 37.9 Å². The van der Waals surface area contributed by atoms with Crippen molar-refractivity contribution in [2.45, 2.75) is 61.2 Å². The van der Waals surface area contributed by atoms with Crippen molar-refractivity contribution in [3.8, 4) is 0 Å². The van der Waals surface area contributed by atoms with E-state index in [4.69, 9.17) is 37.9 Å². The van der Waals surface area contributed by atoms with E-state index in [2.05, 4.69) is 39.5 Å².